The monoisotopic (exact) mass is 324 g/mol. The Morgan fingerprint density at radius 2 is 1.91 bits per heavy atom. The van der Waals surface area contributed by atoms with Crippen LogP contribution >= 0.6 is 11.8 Å². The normalized spacial score (nSPS) is 10.7. The average Bonchev–Trinajstić information content (AvgIpc) is 3.01. The molecule has 2 heterocycles. The van der Waals surface area contributed by atoms with Gasteiger partial charge in [0.2, 0.25) is 0 Å². The summed E-state index contributed by atoms with van der Waals surface area (Å²) in [5.41, 5.74) is 3.55. The van der Waals surface area contributed by atoms with Gasteiger partial charge in [0.1, 0.15) is 5.82 Å². The van der Waals surface area contributed by atoms with E-state index in [0.717, 1.165) is 22.4 Å². The van der Waals surface area contributed by atoms with Crippen molar-refractivity contribution in [3.63, 3.8) is 0 Å². The Morgan fingerprint density at radius 1 is 1.09 bits per heavy atom. The summed E-state index contributed by atoms with van der Waals surface area (Å²) in [5, 5.41) is 0.955. The molecule has 0 aliphatic rings. The number of aryl methyl sites for hydroxylation is 1. The van der Waals surface area contributed by atoms with E-state index in [9.17, 15) is 0 Å². The molecule has 0 spiro atoms. The standard InChI is InChI=1S/C18H20N4S/c1-14-7-6-10-17(20-14)22-12-11-19-18(22)23-13-15-8-4-5-9-16(15)21(2)3/h4-12H,13H2,1-3H3. The number of benzene rings is 1. The molecule has 0 unspecified atom stereocenters. The number of anilines is 1. The summed E-state index contributed by atoms with van der Waals surface area (Å²) in [6.07, 6.45) is 3.78. The first kappa shape index (κ1) is 15.6. The second kappa shape index (κ2) is 6.87. The van der Waals surface area contributed by atoms with Gasteiger partial charge in [0.15, 0.2) is 5.16 Å². The van der Waals surface area contributed by atoms with E-state index in [1.54, 1.807) is 11.8 Å². The molecule has 0 fully saturated rings. The molecule has 0 radical (unpaired) electrons. The Balaban J connectivity index is 1.82. The fourth-order valence-corrected chi connectivity index (χ4v) is 3.40. The van der Waals surface area contributed by atoms with E-state index in [4.69, 9.17) is 0 Å². The van der Waals surface area contributed by atoms with Gasteiger partial charge in [-0.05, 0) is 30.7 Å². The largest absolute Gasteiger partial charge is 0.377 e. The van der Waals surface area contributed by atoms with Crippen LogP contribution < -0.4 is 4.90 Å². The lowest BCUT2D eigenvalue weighted by atomic mass is 10.2. The molecule has 23 heavy (non-hydrogen) atoms. The van der Waals surface area contributed by atoms with E-state index < -0.39 is 0 Å². The van der Waals surface area contributed by atoms with Crippen LogP contribution in [0.2, 0.25) is 0 Å². The van der Waals surface area contributed by atoms with Crippen LogP contribution in [0.3, 0.4) is 0 Å². The number of imidazole rings is 1. The molecular formula is C18H20N4S. The molecule has 2 aromatic heterocycles. The van der Waals surface area contributed by atoms with Gasteiger partial charge in [0.05, 0.1) is 0 Å². The minimum Gasteiger partial charge on any atom is -0.377 e. The van der Waals surface area contributed by atoms with Gasteiger partial charge in [0, 0.05) is 43.6 Å². The highest BCUT2D eigenvalue weighted by Crippen LogP contribution is 2.28. The van der Waals surface area contributed by atoms with Gasteiger partial charge in [-0.1, -0.05) is 36.0 Å². The van der Waals surface area contributed by atoms with Gasteiger partial charge in [-0.25, -0.2) is 9.97 Å². The van der Waals surface area contributed by atoms with Crippen molar-refractivity contribution >= 4 is 17.4 Å². The maximum atomic E-state index is 4.58. The molecule has 0 saturated heterocycles. The Hall–Kier alpha value is -2.27. The predicted octanol–water partition coefficient (Wildman–Crippen LogP) is 3.93. The van der Waals surface area contributed by atoms with Gasteiger partial charge < -0.3 is 4.90 Å². The lowest BCUT2D eigenvalue weighted by Gasteiger charge is -2.17. The van der Waals surface area contributed by atoms with Crippen LogP contribution in [0.1, 0.15) is 11.3 Å². The lowest BCUT2D eigenvalue weighted by molar-refractivity contribution is 0.857. The smallest absolute Gasteiger partial charge is 0.174 e. The van der Waals surface area contributed by atoms with Crippen molar-refractivity contribution in [2.75, 3.05) is 19.0 Å². The van der Waals surface area contributed by atoms with Gasteiger partial charge in [0.25, 0.3) is 0 Å². The Morgan fingerprint density at radius 3 is 2.70 bits per heavy atom. The third-order valence-corrected chi connectivity index (χ3v) is 4.57. The number of thioether (sulfide) groups is 1. The summed E-state index contributed by atoms with van der Waals surface area (Å²) >= 11 is 1.72. The zero-order chi connectivity index (χ0) is 16.2. The molecule has 118 valence electrons. The molecule has 3 rings (SSSR count). The zero-order valence-electron chi connectivity index (χ0n) is 13.6. The summed E-state index contributed by atoms with van der Waals surface area (Å²) in [5.74, 6) is 1.78. The number of hydrogen-bond donors (Lipinski definition) is 0. The highest BCUT2D eigenvalue weighted by atomic mass is 32.2. The van der Waals surface area contributed by atoms with E-state index in [-0.39, 0.29) is 0 Å². The van der Waals surface area contributed by atoms with E-state index in [2.05, 4.69) is 53.2 Å². The number of para-hydroxylation sites is 1. The maximum absolute atomic E-state index is 4.58. The van der Waals surface area contributed by atoms with E-state index in [1.165, 1.54) is 11.3 Å². The first-order chi connectivity index (χ1) is 11.1. The minimum atomic E-state index is 0.872. The molecule has 0 aliphatic carbocycles. The highest BCUT2D eigenvalue weighted by molar-refractivity contribution is 7.98. The number of hydrogen-bond acceptors (Lipinski definition) is 4. The molecule has 0 saturated carbocycles. The van der Waals surface area contributed by atoms with Gasteiger partial charge >= 0.3 is 0 Å². The summed E-state index contributed by atoms with van der Waals surface area (Å²) < 4.78 is 2.04. The van der Waals surface area contributed by atoms with E-state index >= 15 is 0 Å². The molecule has 0 bridgehead atoms. The molecule has 4 nitrogen and oxygen atoms in total. The van der Waals surface area contributed by atoms with Crippen LogP contribution in [0, 0.1) is 6.92 Å². The number of nitrogens with zero attached hydrogens (tertiary/aromatic N) is 4. The first-order valence-electron chi connectivity index (χ1n) is 7.50. The van der Waals surface area contributed by atoms with Crippen molar-refractivity contribution in [3.8, 4) is 5.82 Å². The van der Waals surface area contributed by atoms with Gasteiger partial charge in [-0.3, -0.25) is 4.57 Å². The van der Waals surface area contributed by atoms with Crippen LogP contribution in [0.25, 0.3) is 5.82 Å². The van der Waals surface area contributed by atoms with Gasteiger partial charge in [-0.15, -0.1) is 0 Å². The third kappa shape index (κ3) is 3.56. The second-order valence-corrected chi connectivity index (χ2v) is 6.47. The lowest BCUT2D eigenvalue weighted by Crippen LogP contribution is -2.10. The van der Waals surface area contributed by atoms with Crippen molar-refractivity contribution in [2.45, 2.75) is 17.8 Å². The number of aromatic nitrogens is 3. The fourth-order valence-electron chi connectivity index (χ4n) is 2.45. The van der Waals surface area contributed by atoms with Crippen molar-refractivity contribution in [1.82, 2.24) is 14.5 Å². The Labute approximate surface area is 141 Å². The predicted molar refractivity (Wildman–Crippen MR) is 96.4 cm³/mol. The molecule has 0 N–H and O–H groups in total. The molecule has 1 aromatic carbocycles. The SMILES string of the molecule is Cc1cccc(-n2ccnc2SCc2ccccc2N(C)C)n1. The zero-order valence-corrected chi connectivity index (χ0v) is 14.4. The van der Waals surface area contributed by atoms with Crippen LogP contribution in [-0.2, 0) is 5.75 Å². The van der Waals surface area contributed by atoms with Crippen molar-refractivity contribution < 1.29 is 0 Å². The molecule has 0 atom stereocenters. The summed E-state index contributed by atoms with van der Waals surface area (Å²) in [7, 11) is 4.14. The van der Waals surface area contributed by atoms with Crippen LogP contribution in [0.5, 0.6) is 0 Å². The van der Waals surface area contributed by atoms with Crippen molar-refractivity contribution in [1.29, 1.82) is 0 Å². The Bertz CT molecular complexity index is 795. The van der Waals surface area contributed by atoms with Crippen LogP contribution in [0.15, 0.2) is 60.0 Å². The van der Waals surface area contributed by atoms with E-state index in [0.29, 0.717) is 0 Å². The number of rotatable bonds is 5. The van der Waals surface area contributed by atoms with Gasteiger partial charge in [-0.2, -0.15) is 0 Å². The van der Waals surface area contributed by atoms with Crippen LogP contribution in [0.4, 0.5) is 5.69 Å². The summed E-state index contributed by atoms with van der Waals surface area (Å²) in [4.78, 5) is 11.2. The quantitative estimate of drug-likeness (QED) is 0.666. The van der Waals surface area contributed by atoms with E-state index in [1.807, 2.05) is 42.1 Å². The topological polar surface area (TPSA) is 34.0 Å². The highest BCUT2D eigenvalue weighted by Gasteiger charge is 2.09. The maximum Gasteiger partial charge on any atom is 0.174 e. The number of pyridine rings is 1. The fraction of sp³-hybridized carbons (Fsp3) is 0.222. The summed E-state index contributed by atoms with van der Waals surface area (Å²) in [6.45, 7) is 2.00. The molecular weight excluding hydrogens is 304 g/mol. The van der Waals surface area contributed by atoms with Crippen LogP contribution in [-0.4, -0.2) is 28.6 Å². The minimum absolute atomic E-state index is 0.872. The average molecular weight is 324 g/mol. The molecule has 3 aromatic rings. The van der Waals surface area contributed by atoms with Crippen molar-refractivity contribution in [2.24, 2.45) is 0 Å². The molecule has 0 amide bonds. The Kier molecular flexibility index (Phi) is 4.67. The third-order valence-electron chi connectivity index (χ3n) is 3.56. The first-order valence-corrected chi connectivity index (χ1v) is 8.49. The van der Waals surface area contributed by atoms with Crippen molar-refractivity contribution in [3.05, 3.63) is 66.1 Å². The molecule has 0 aliphatic heterocycles. The molecule has 5 heteroatoms. The summed E-state index contributed by atoms with van der Waals surface area (Å²) in [6, 6.07) is 14.5. The second-order valence-electron chi connectivity index (χ2n) is 5.53.